The molecule has 0 bridgehead atoms. The zero-order valence-electron chi connectivity index (χ0n) is 24.8. The largest absolute Gasteiger partial charge is 0.496 e. The van der Waals surface area contributed by atoms with Crippen molar-refractivity contribution in [3.05, 3.63) is 75.5 Å². The van der Waals surface area contributed by atoms with Crippen LogP contribution in [0.4, 0.5) is 17.6 Å². The van der Waals surface area contributed by atoms with Crippen LogP contribution in [0.3, 0.4) is 0 Å². The summed E-state index contributed by atoms with van der Waals surface area (Å²) in [5, 5.41) is 4.06. The first kappa shape index (κ1) is 31.8. The number of hydrogen-bond acceptors (Lipinski definition) is 5. The molecule has 0 spiro atoms. The Hall–Kier alpha value is -4.08. The normalized spacial score (nSPS) is 14.6. The number of hydrogen-bond donors (Lipinski definition) is 1. The Morgan fingerprint density at radius 3 is 2.49 bits per heavy atom. The van der Waals surface area contributed by atoms with Crippen LogP contribution < -0.4 is 25.2 Å². The number of methoxy groups -OCH3 is 1. The highest BCUT2D eigenvalue weighted by molar-refractivity contribution is 5.94. The van der Waals surface area contributed by atoms with Gasteiger partial charge in [0.1, 0.15) is 36.3 Å². The third-order valence-electron chi connectivity index (χ3n) is 7.54. The lowest BCUT2D eigenvalue weighted by molar-refractivity contribution is 0.0212. The molecule has 43 heavy (non-hydrogen) atoms. The summed E-state index contributed by atoms with van der Waals surface area (Å²) in [7, 11) is 1.47. The van der Waals surface area contributed by atoms with E-state index in [4.69, 9.17) is 14.5 Å². The van der Waals surface area contributed by atoms with Gasteiger partial charge in [-0.25, -0.2) is 13.8 Å². The molecule has 1 atom stereocenters. The number of rotatable bonds is 13. The highest BCUT2D eigenvalue weighted by Gasteiger charge is 2.34. The van der Waals surface area contributed by atoms with Gasteiger partial charge in [0, 0.05) is 52.5 Å². The summed E-state index contributed by atoms with van der Waals surface area (Å²) in [5.41, 5.74) is 2.89. The quantitative estimate of drug-likeness (QED) is 0.206. The van der Waals surface area contributed by atoms with Gasteiger partial charge in [-0.3, -0.25) is 4.79 Å². The maximum Gasteiger partial charge on any atom is 0.314 e. The fourth-order valence-corrected chi connectivity index (χ4v) is 5.15. The number of pyridine rings is 1. The summed E-state index contributed by atoms with van der Waals surface area (Å²) < 4.78 is 64.9. The number of amides is 1. The summed E-state index contributed by atoms with van der Waals surface area (Å²) in [6.07, 6.45) is 5.04. The predicted molar refractivity (Wildman–Crippen MR) is 159 cm³/mol. The third kappa shape index (κ3) is 7.66. The summed E-state index contributed by atoms with van der Waals surface area (Å²) in [6.45, 7) is 2.13. The fraction of sp³-hybridized carbons (Fsp3) is 0.394. The second-order valence-electron chi connectivity index (χ2n) is 10.4. The number of halogens is 4. The van der Waals surface area contributed by atoms with E-state index in [-0.39, 0.29) is 42.9 Å². The van der Waals surface area contributed by atoms with E-state index in [1.807, 2.05) is 13.0 Å². The van der Waals surface area contributed by atoms with Crippen LogP contribution in [0.15, 0.2) is 42.5 Å². The molecule has 10 heteroatoms. The summed E-state index contributed by atoms with van der Waals surface area (Å²) in [5.74, 6) is 0.240. The first-order chi connectivity index (χ1) is 20.7. The summed E-state index contributed by atoms with van der Waals surface area (Å²) >= 11 is 0. The SMILES string of the molecule is C/C=c1\c(OC)cc(C(=O)NCC(c2cc(C)c(OCCF)c(-c3ccc(F)cc3)n2)C2CC2)c\c1=C\N(CC)C(F)F. The average Bonchev–Trinajstić information content (AvgIpc) is 3.84. The molecule has 6 nitrogen and oxygen atoms in total. The van der Waals surface area contributed by atoms with E-state index in [2.05, 4.69) is 5.32 Å². The van der Waals surface area contributed by atoms with Gasteiger partial charge < -0.3 is 19.7 Å². The lowest BCUT2D eigenvalue weighted by Crippen LogP contribution is -2.35. The van der Waals surface area contributed by atoms with Crippen molar-refractivity contribution in [2.45, 2.75) is 46.1 Å². The van der Waals surface area contributed by atoms with E-state index in [1.54, 1.807) is 44.2 Å². The van der Waals surface area contributed by atoms with E-state index in [9.17, 15) is 22.4 Å². The monoisotopic (exact) mass is 599 g/mol. The summed E-state index contributed by atoms with van der Waals surface area (Å²) in [6, 6.07) is 10.9. The minimum absolute atomic E-state index is 0.0898. The Morgan fingerprint density at radius 1 is 1.19 bits per heavy atom. The molecule has 4 rings (SSSR count). The standard InChI is InChI=1S/C33H37F4N3O3/c1-5-26-24(19-40(6-2)33(36)37)16-23(17-29(26)42-4)32(41)38-18-27(21-7-8-21)28-15-20(3)31(43-14-13-34)30(39-28)22-9-11-25(35)12-10-22/h5,9-12,15-17,19,21,27,33H,6-8,13-14,18H2,1-4H3,(H,38,41)/b24-19-,26-5-. The molecule has 0 saturated heterocycles. The van der Waals surface area contributed by atoms with Gasteiger partial charge in [-0.05, 0) is 87.6 Å². The number of carbonyl (C=O) groups is 1. The molecule has 1 aromatic heterocycles. The van der Waals surface area contributed by atoms with E-state index in [0.29, 0.717) is 39.1 Å². The minimum Gasteiger partial charge on any atom is -0.496 e. The highest BCUT2D eigenvalue weighted by Crippen LogP contribution is 2.44. The molecule has 230 valence electrons. The van der Waals surface area contributed by atoms with Gasteiger partial charge in [0.25, 0.3) is 5.91 Å². The van der Waals surface area contributed by atoms with Crippen LogP contribution in [-0.4, -0.2) is 55.8 Å². The molecule has 1 saturated carbocycles. The number of nitrogens with zero attached hydrogens (tertiary/aromatic N) is 2. The molecule has 1 aliphatic carbocycles. The Bertz CT molecular complexity index is 1540. The second-order valence-corrected chi connectivity index (χ2v) is 10.4. The van der Waals surface area contributed by atoms with Crippen molar-refractivity contribution in [3.63, 3.8) is 0 Å². The van der Waals surface area contributed by atoms with Gasteiger partial charge in [0.05, 0.1) is 7.11 Å². The van der Waals surface area contributed by atoms with Crippen molar-refractivity contribution in [1.82, 2.24) is 15.2 Å². The van der Waals surface area contributed by atoms with Gasteiger partial charge in [-0.15, -0.1) is 0 Å². The zero-order chi connectivity index (χ0) is 31.1. The van der Waals surface area contributed by atoms with Crippen LogP contribution in [0.2, 0.25) is 0 Å². The minimum atomic E-state index is -2.69. The van der Waals surface area contributed by atoms with Gasteiger partial charge in [-0.2, -0.15) is 8.78 Å². The third-order valence-corrected chi connectivity index (χ3v) is 7.54. The Balaban J connectivity index is 1.67. The van der Waals surface area contributed by atoms with Gasteiger partial charge in [-0.1, -0.05) is 6.08 Å². The van der Waals surface area contributed by atoms with Gasteiger partial charge >= 0.3 is 6.55 Å². The molecule has 1 fully saturated rings. The number of aromatic nitrogens is 1. The van der Waals surface area contributed by atoms with Crippen LogP contribution in [-0.2, 0) is 0 Å². The molecule has 2 aromatic carbocycles. The molecule has 1 amide bonds. The predicted octanol–water partition coefficient (Wildman–Crippen LogP) is 5.56. The van der Waals surface area contributed by atoms with Gasteiger partial charge in [0.15, 0.2) is 0 Å². The molecule has 0 radical (unpaired) electrons. The molecule has 1 aliphatic rings. The van der Waals surface area contributed by atoms with Crippen LogP contribution in [0.1, 0.15) is 54.2 Å². The Kier molecular flexibility index (Phi) is 10.7. The number of carbonyl (C=O) groups excluding carboxylic acids is 1. The van der Waals surface area contributed by atoms with Crippen molar-refractivity contribution < 1.29 is 31.8 Å². The van der Waals surface area contributed by atoms with E-state index in [1.165, 1.54) is 25.4 Å². The van der Waals surface area contributed by atoms with Gasteiger partial charge in [0.2, 0.25) is 0 Å². The summed E-state index contributed by atoms with van der Waals surface area (Å²) in [4.78, 5) is 19.2. The van der Waals surface area contributed by atoms with Crippen LogP contribution in [0.25, 0.3) is 23.5 Å². The first-order valence-electron chi connectivity index (χ1n) is 14.3. The molecule has 1 heterocycles. The van der Waals surface area contributed by atoms with Crippen LogP contribution >= 0.6 is 0 Å². The molecule has 3 aromatic rings. The van der Waals surface area contributed by atoms with Crippen LogP contribution in [0, 0.1) is 18.7 Å². The lowest BCUT2D eigenvalue weighted by Gasteiger charge is -2.21. The molecule has 1 N–H and O–H groups in total. The Labute approximate surface area is 249 Å². The number of benzene rings is 2. The maximum absolute atomic E-state index is 13.7. The molecular formula is C33H37F4N3O3. The molecule has 1 unspecified atom stereocenters. The first-order valence-corrected chi connectivity index (χ1v) is 14.3. The van der Waals surface area contributed by atoms with Crippen molar-refractivity contribution in [3.8, 4) is 22.8 Å². The van der Waals surface area contributed by atoms with Crippen molar-refractivity contribution in [1.29, 1.82) is 0 Å². The highest BCUT2D eigenvalue weighted by atomic mass is 19.3. The van der Waals surface area contributed by atoms with Crippen molar-refractivity contribution in [2.24, 2.45) is 5.92 Å². The smallest absolute Gasteiger partial charge is 0.314 e. The lowest BCUT2D eigenvalue weighted by atomic mass is 9.95. The molecular weight excluding hydrogens is 562 g/mol. The van der Waals surface area contributed by atoms with E-state index in [0.717, 1.165) is 29.0 Å². The van der Waals surface area contributed by atoms with E-state index >= 15 is 0 Å². The molecule has 0 aliphatic heterocycles. The number of nitrogens with one attached hydrogen (secondary N) is 1. The average molecular weight is 600 g/mol. The van der Waals surface area contributed by atoms with Crippen LogP contribution in [0.5, 0.6) is 11.5 Å². The number of aryl methyl sites for hydroxylation is 1. The topological polar surface area (TPSA) is 63.7 Å². The number of alkyl halides is 3. The van der Waals surface area contributed by atoms with Crippen molar-refractivity contribution in [2.75, 3.05) is 33.5 Å². The van der Waals surface area contributed by atoms with E-state index < -0.39 is 13.2 Å². The number of ether oxygens (including phenoxy) is 2. The maximum atomic E-state index is 13.7. The second kappa shape index (κ2) is 14.4. The van der Waals surface area contributed by atoms with Crippen molar-refractivity contribution >= 4 is 18.2 Å². The fourth-order valence-electron chi connectivity index (χ4n) is 5.15. The zero-order valence-corrected chi connectivity index (χ0v) is 24.8. The Morgan fingerprint density at radius 2 is 1.91 bits per heavy atom.